The van der Waals surface area contributed by atoms with Crippen LogP contribution in [0.2, 0.25) is 0 Å². The molecule has 0 aromatic rings. The number of rotatable bonds is 4. The van der Waals surface area contributed by atoms with E-state index in [0.717, 1.165) is 6.42 Å². The van der Waals surface area contributed by atoms with Gasteiger partial charge in [0.05, 0.1) is 0 Å². The highest BCUT2D eigenvalue weighted by Crippen LogP contribution is 2.18. The Morgan fingerprint density at radius 3 is 2.62 bits per heavy atom. The molecule has 2 heteroatoms. The second kappa shape index (κ2) is 5.25. The van der Waals surface area contributed by atoms with Gasteiger partial charge >= 0.3 is 0 Å². The summed E-state index contributed by atoms with van der Waals surface area (Å²) in [5.74, 6) is 0.780. The molecule has 0 unspecified atom stereocenters. The van der Waals surface area contributed by atoms with Crippen molar-refractivity contribution in [3.63, 3.8) is 0 Å². The van der Waals surface area contributed by atoms with Crippen LogP contribution in [0, 0.1) is 5.92 Å². The third-order valence-corrected chi connectivity index (χ3v) is 2.95. The van der Waals surface area contributed by atoms with Gasteiger partial charge in [-0.15, -0.1) is 0 Å². The average molecular weight is 183 g/mol. The highest BCUT2D eigenvalue weighted by molar-refractivity contribution is 5.76. The van der Waals surface area contributed by atoms with E-state index in [9.17, 15) is 4.79 Å². The summed E-state index contributed by atoms with van der Waals surface area (Å²) in [4.78, 5) is 11.5. The molecule has 0 spiro atoms. The summed E-state index contributed by atoms with van der Waals surface area (Å²) in [6.45, 7) is 4.27. The van der Waals surface area contributed by atoms with Crippen LogP contribution in [0.3, 0.4) is 0 Å². The number of hydrogen-bond acceptors (Lipinski definition) is 1. The predicted octanol–water partition coefficient (Wildman–Crippen LogP) is 2.48. The smallest absolute Gasteiger partial charge is 0.220 e. The van der Waals surface area contributed by atoms with Crippen LogP contribution in [0.25, 0.3) is 0 Å². The first kappa shape index (κ1) is 10.6. The Morgan fingerprint density at radius 2 is 2.08 bits per heavy atom. The molecule has 0 aromatic heterocycles. The normalized spacial score (nSPS) is 20.2. The van der Waals surface area contributed by atoms with Crippen molar-refractivity contribution in [2.45, 2.75) is 58.4 Å². The minimum atomic E-state index is 0.251. The van der Waals surface area contributed by atoms with Crippen molar-refractivity contribution in [2.75, 3.05) is 0 Å². The van der Waals surface area contributed by atoms with Crippen molar-refractivity contribution in [1.29, 1.82) is 0 Å². The molecular formula is C11H21NO. The van der Waals surface area contributed by atoms with Gasteiger partial charge in [0.25, 0.3) is 0 Å². The Kier molecular flexibility index (Phi) is 4.26. The molecule has 13 heavy (non-hydrogen) atoms. The third kappa shape index (κ3) is 3.79. The Hall–Kier alpha value is -0.530. The molecule has 1 fully saturated rings. The molecule has 1 atom stereocenters. The first-order chi connectivity index (χ1) is 6.22. The largest absolute Gasteiger partial charge is 0.353 e. The molecule has 0 saturated heterocycles. The van der Waals surface area contributed by atoms with Gasteiger partial charge in [0, 0.05) is 12.5 Å². The van der Waals surface area contributed by atoms with Gasteiger partial charge in [-0.2, -0.15) is 0 Å². The second-order valence-electron chi connectivity index (χ2n) is 4.27. The topological polar surface area (TPSA) is 29.1 Å². The summed E-state index contributed by atoms with van der Waals surface area (Å²) in [5, 5.41) is 3.11. The monoisotopic (exact) mass is 183 g/mol. The van der Waals surface area contributed by atoms with E-state index in [2.05, 4.69) is 19.2 Å². The third-order valence-electron chi connectivity index (χ3n) is 2.95. The lowest BCUT2D eigenvalue weighted by Gasteiger charge is -2.13. The maximum atomic E-state index is 11.5. The number of carbonyl (C=O) groups excluding carboxylic acids is 1. The standard InChI is InChI=1S/C11H21NO/c1-3-9(2)8-11(13)12-10-6-4-5-7-10/h9-10H,3-8H2,1-2H3,(H,12,13)/t9-/m0/s1. The fourth-order valence-corrected chi connectivity index (χ4v) is 1.82. The van der Waals surface area contributed by atoms with E-state index < -0.39 is 0 Å². The molecule has 0 aromatic carbocycles. The van der Waals surface area contributed by atoms with Crippen molar-refractivity contribution in [3.05, 3.63) is 0 Å². The zero-order valence-electron chi connectivity index (χ0n) is 8.81. The summed E-state index contributed by atoms with van der Waals surface area (Å²) < 4.78 is 0. The second-order valence-corrected chi connectivity index (χ2v) is 4.27. The minimum absolute atomic E-state index is 0.251. The molecule has 1 amide bonds. The molecule has 1 saturated carbocycles. The van der Waals surface area contributed by atoms with Crippen LogP contribution in [0.1, 0.15) is 52.4 Å². The lowest BCUT2D eigenvalue weighted by molar-refractivity contribution is -0.122. The maximum absolute atomic E-state index is 11.5. The maximum Gasteiger partial charge on any atom is 0.220 e. The Labute approximate surface area is 81.1 Å². The van der Waals surface area contributed by atoms with Crippen molar-refractivity contribution in [3.8, 4) is 0 Å². The molecule has 0 heterocycles. The fourth-order valence-electron chi connectivity index (χ4n) is 1.82. The van der Waals surface area contributed by atoms with Crippen LogP contribution in [0.15, 0.2) is 0 Å². The number of carbonyl (C=O) groups is 1. The molecule has 2 nitrogen and oxygen atoms in total. The molecule has 1 aliphatic rings. The Bertz CT molecular complexity index is 161. The van der Waals surface area contributed by atoms with Crippen LogP contribution < -0.4 is 5.32 Å². The Morgan fingerprint density at radius 1 is 1.46 bits per heavy atom. The summed E-state index contributed by atoms with van der Waals surface area (Å²) in [6.07, 6.45) is 6.74. The van der Waals surface area contributed by atoms with Crippen LogP contribution in [-0.4, -0.2) is 11.9 Å². The van der Waals surface area contributed by atoms with Gasteiger partial charge in [0.2, 0.25) is 5.91 Å². The van der Waals surface area contributed by atoms with E-state index >= 15 is 0 Å². The summed E-state index contributed by atoms with van der Waals surface area (Å²) in [7, 11) is 0. The molecule has 76 valence electrons. The van der Waals surface area contributed by atoms with Gasteiger partial charge in [0.15, 0.2) is 0 Å². The quantitative estimate of drug-likeness (QED) is 0.712. The predicted molar refractivity (Wildman–Crippen MR) is 54.5 cm³/mol. The minimum Gasteiger partial charge on any atom is -0.353 e. The molecule has 0 bridgehead atoms. The molecule has 1 N–H and O–H groups in total. The van der Waals surface area contributed by atoms with Crippen molar-refractivity contribution in [2.24, 2.45) is 5.92 Å². The van der Waals surface area contributed by atoms with E-state index in [-0.39, 0.29) is 5.91 Å². The van der Waals surface area contributed by atoms with Crippen molar-refractivity contribution >= 4 is 5.91 Å². The van der Waals surface area contributed by atoms with E-state index in [1.54, 1.807) is 0 Å². The molecular weight excluding hydrogens is 162 g/mol. The average Bonchev–Trinajstić information content (AvgIpc) is 2.56. The fraction of sp³-hybridized carbons (Fsp3) is 0.909. The zero-order valence-corrected chi connectivity index (χ0v) is 8.81. The highest BCUT2D eigenvalue weighted by Gasteiger charge is 2.17. The van der Waals surface area contributed by atoms with Crippen LogP contribution in [0.4, 0.5) is 0 Å². The number of amides is 1. The molecule has 1 aliphatic carbocycles. The van der Waals surface area contributed by atoms with E-state index in [0.29, 0.717) is 18.4 Å². The van der Waals surface area contributed by atoms with Gasteiger partial charge in [-0.1, -0.05) is 33.1 Å². The highest BCUT2D eigenvalue weighted by atomic mass is 16.1. The first-order valence-electron chi connectivity index (χ1n) is 5.51. The SMILES string of the molecule is CC[C@H](C)CC(=O)NC1CCCC1. The molecule has 0 radical (unpaired) electrons. The van der Waals surface area contributed by atoms with E-state index in [1.807, 2.05) is 0 Å². The van der Waals surface area contributed by atoms with Gasteiger partial charge in [-0.3, -0.25) is 4.79 Å². The molecule has 0 aliphatic heterocycles. The van der Waals surface area contributed by atoms with Gasteiger partial charge < -0.3 is 5.32 Å². The summed E-state index contributed by atoms with van der Waals surface area (Å²) >= 11 is 0. The van der Waals surface area contributed by atoms with E-state index in [1.165, 1.54) is 25.7 Å². The molecule has 1 rings (SSSR count). The van der Waals surface area contributed by atoms with Crippen LogP contribution in [0.5, 0.6) is 0 Å². The lowest BCUT2D eigenvalue weighted by Crippen LogP contribution is -2.33. The number of hydrogen-bond donors (Lipinski definition) is 1. The summed E-state index contributed by atoms with van der Waals surface area (Å²) in [6, 6.07) is 0.483. The van der Waals surface area contributed by atoms with Gasteiger partial charge in [-0.05, 0) is 18.8 Å². The van der Waals surface area contributed by atoms with Crippen molar-refractivity contribution < 1.29 is 4.79 Å². The van der Waals surface area contributed by atoms with Gasteiger partial charge in [-0.25, -0.2) is 0 Å². The Balaban J connectivity index is 2.16. The summed E-state index contributed by atoms with van der Waals surface area (Å²) in [5.41, 5.74) is 0. The van der Waals surface area contributed by atoms with Crippen molar-refractivity contribution in [1.82, 2.24) is 5.32 Å². The van der Waals surface area contributed by atoms with E-state index in [4.69, 9.17) is 0 Å². The van der Waals surface area contributed by atoms with Gasteiger partial charge in [0.1, 0.15) is 0 Å². The zero-order chi connectivity index (χ0) is 9.68. The number of nitrogens with one attached hydrogen (secondary N) is 1. The lowest BCUT2D eigenvalue weighted by atomic mass is 10.0. The van der Waals surface area contributed by atoms with Crippen LogP contribution in [-0.2, 0) is 4.79 Å². The first-order valence-corrected chi connectivity index (χ1v) is 5.51. The van der Waals surface area contributed by atoms with Crippen LogP contribution >= 0.6 is 0 Å².